The molecule has 2 fully saturated rings. The third-order valence-corrected chi connectivity index (χ3v) is 6.61. The molecule has 2 atom stereocenters. The minimum absolute atomic E-state index is 0.0295. The van der Waals surface area contributed by atoms with E-state index in [1.807, 2.05) is 0 Å². The van der Waals surface area contributed by atoms with Crippen LogP contribution in [0.2, 0.25) is 0 Å². The van der Waals surface area contributed by atoms with Gasteiger partial charge in [-0.2, -0.15) is 13.2 Å². The lowest BCUT2D eigenvalue weighted by Crippen LogP contribution is -2.47. The van der Waals surface area contributed by atoms with Gasteiger partial charge in [0.25, 0.3) is 5.56 Å². The van der Waals surface area contributed by atoms with E-state index in [0.717, 1.165) is 6.07 Å². The van der Waals surface area contributed by atoms with Crippen LogP contribution < -0.4 is 15.6 Å². The second kappa shape index (κ2) is 8.98. The van der Waals surface area contributed by atoms with Crippen molar-refractivity contribution in [1.29, 1.82) is 0 Å². The first kappa shape index (κ1) is 23.9. The predicted octanol–water partition coefficient (Wildman–Crippen LogP) is 2.75. The van der Waals surface area contributed by atoms with E-state index in [9.17, 15) is 32.7 Å². The second-order valence-electron chi connectivity index (χ2n) is 8.92. The van der Waals surface area contributed by atoms with Crippen molar-refractivity contribution in [2.24, 2.45) is 0 Å². The zero-order valence-corrected chi connectivity index (χ0v) is 18.9. The van der Waals surface area contributed by atoms with Crippen molar-refractivity contribution in [3.8, 4) is 11.3 Å². The number of anilines is 1. The molecule has 1 amide bonds. The maximum atomic E-state index is 13.5. The number of pyridine rings is 1. The Morgan fingerprint density at radius 3 is 2.67 bits per heavy atom. The lowest BCUT2D eigenvalue weighted by atomic mass is 10.0. The molecule has 36 heavy (non-hydrogen) atoms. The number of halogens is 3. The van der Waals surface area contributed by atoms with Crippen LogP contribution in [0.5, 0.6) is 0 Å². The summed E-state index contributed by atoms with van der Waals surface area (Å²) < 4.78 is 45.8. The first-order valence-electron chi connectivity index (χ1n) is 11.4. The average Bonchev–Trinajstić information content (AvgIpc) is 3.45. The second-order valence-corrected chi connectivity index (χ2v) is 8.92. The van der Waals surface area contributed by atoms with Crippen LogP contribution in [0, 0.1) is 0 Å². The van der Waals surface area contributed by atoms with E-state index in [1.165, 1.54) is 35.2 Å². The number of aliphatic carboxylic acids is 1. The Bertz CT molecular complexity index is 1400. The minimum Gasteiger partial charge on any atom is -0.548 e. The van der Waals surface area contributed by atoms with Gasteiger partial charge in [-0.15, -0.1) is 0 Å². The smallest absolute Gasteiger partial charge is 0.417 e. The molecule has 5 rings (SSSR count). The minimum atomic E-state index is -4.59. The van der Waals surface area contributed by atoms with Crippen LogP contribution in [0.15, 0.2) is 53.3 Å². The predicted molar refractivity (Wildman–Crippen MR) is 122 cm³/mol. The maximum absolute atomic E-state index is 13.5. The molecule has 3 aromatic rings. The average molecular weight is 500 g/mol. The fourth-order valence-corrected chi connectivity index (χ4v) is 4.93. The SMILES string of the molecule is O=C([O-])[C@@H]1CCCN1C[C@@H]1CN(c2ccc3cc(-c4ccccc4C(F)(F)F)[nH]c(=O)c3c2)C(=O)O1. The number of nitrogens with zero attached hydrogens (tertiary/aromatic N) is 2. The maximum Gasteiger partial charge on any atom is 0.417 e. The van der Waals surface area contributed by atoms with Gasteiger partial charge in [0.05, 0.1) is 18.1 Å². The lowest BCUT2D eigenvalue weighted by molar-refractivity contribution is -0.311. The van der Waals surface area contributed by atoms with Crippen molar-refractivity contribution < 1.29 is 32.6 Å². The molecule has 0 aliphatic carbocycles. The van der Waals surface area contributed by atoms with E-state index >= 15 is 0 Å². The van der Waals surface area contributed by atoms with E-state index in [-0.39, 0.29) is 29.7 Å². The topological polar surface area (TPSA) is 106 Å². The number of fused-ring (bicyclic) bond motifs is 1. The molecule has 2 saturated heterocycles. The molecule has 3 heterocycles. The normalized spacial score (nSPS) is 20.8. The van der Waals surface area contributed by atoms with E-state index in [4.69, 9.17) is 4.74 Å². The number of H-pyrrole nitrogens is 1. The molecule has 2 aliphatic rings. The summed E-state index contributed by atoms with van der Waals surface area (Å²) in [6, 6.07) is 10.4. The zero-order valence-electron chi connectivity index (χ0n) is 18.9. The molecule has 1 N–H and O–H groups in total. The summed E-state index contributed by atoms with van der Waals surface area (Å²) in [6.45, 7) is 0.977. The van der Waals surface area contributed by atoms with Gasteiger partial charge < -0.3 is 19.6 Å². The number of ether oxygens (including phenoxy) is 1. The highest BCUT2D eigenvalue weighted by molar-refractivity contribution is 5.94. The number of amides is 1. The molecule has 1 aromatic heterocycles. The molecule has 0 radical (unpaired) electrons. The highest BCUT2D eigenvalue weighted by Crippen LogP contribution is 2.37. The monoisotopic (exact) mass is 500 g/mol. The Morgan fingerprint density at radius 2 is 1.92 bits per heavy atom. The van der Waals surface area contributed by atoms with E-state index in [1.54, 1.807) is 17.0 Å². The summed E-state index contributed by atoms with van der Waals surface area (Å²) in [6.07, 6.45) is -4.58. The molecule has 2 aliphatic heterocycles. The number of carboxylic acids is 1. The molecule has 0 spiro atoms. The number of nitrogens with one attached hydrogen (secondary N) is 1. The van der Waals surface area contributed by atoms with Gasteiger partial charge in [-0.25, -0.2) is 4.79 Å². The molecule has 11 heteroatoms. The largest absolute Gasteiger partial charge is 0.548 e. The Labute approximate surface area is 202 Å². The highest BCUT2D eigenvalue weighted by atomic mass is 19.4. The molecular weight excluding hydrogens is 479 g/mol. The number of benzene rings is 2. The summed E-state index contributed by atoms with van der Waals surface area (Å²) in [4.78, 5) is 42.3. The first-order chi connectivity index (χ1) is 17.1. The molecule has 8 nitrogen and oxygen atoms in total. The number of cyclic esters (lactones) is 1. The Hall–Kier alpha value is -3.86. The fourth-order valence-electron chi connectivity index (χ4n) is 4.93. The van der Waals surface area contributed by atoms with Gasteiger partial charge >= 0.3 is 12.3 Å². The molecular formula is C25H21F3N3O5-. The summed E-state index contributed by atoms with van der Waals surface area (Å²) >= 11 is 0. The van der Waals surface area contributed by atoms with Gasteiger partial charge in [0.15, 0.2) is 0 Å². The van der Waals surface area contributed by atoms with Crippen molar-refractivity contribution >= 4 is 28.5 Å². The summed E-state index contributed by atoms with van der Waals surface area (Å²) in [5, 5.41) is 11.9. The number of likely N-dealkylation sites (tertiary alicyclic amines) is 1. The number of carbonyl (C=O) groups excluding carboxylic acids is 2. The van der Waals surface area contributed by atoms with Crippen LogP contribution >= 0.6 is 0 Å². The third-order valence-electron chi connectivity index (χ3n) is 6.61. The van der Waals surface area contributed by atoms with E-state index in [2.05, 4.69) is 4.98 Å². The van der Waals surface area contributed by atoms with Crippen molar-refractivity contribution in [3.63, 3.8) is 0 Å². The third kappa shape index (κ3) is 4.41. The molecule has 188 valence electrons. The van der Waals surface area contributed by atoms with Crippen molar-refractivity contribution in [3.05, 3.63) is 64.4 Å². The summed E-state index contributed by atoms with van der Waals surface area (Å²) in [5.41, 5.74) is -1.18. The number of aromatic nitrogens is 1. The quantitative estimate of drug-likeness (QED) is 0.578. The Morgan fingerprint density at radius 1 is 1.14 bits per heavy atom. The van der Waals surface area contributed by atoms with Crippen LogP contribution in [0.4, 0.5) is 23.7 Å². The fraction of sp³-hybridized carbons (Fsp3) is 0.320. The molecule has 0 unspecified atom stereocenters. The van der Waals surface area contributed by atoms with Gasteiger partial charge in [-0.05, 0) is 49.0 Å². The zero-order chi connectivity index (χ0) is 25.6. The van der Waals surface area contributed by atoms with Crippen LogP contribution in [0.25, 0.3) is 22.0 Å². The van der Waals surface area contributed by atoms with Gasteiger partial charge in [-0.1, -0.05) is 24.3 Å². The van der Waals surface area contributed by atoms with Gasteiger partial charge in [-0.3, -0.25) is 14.6 Å². The Balaban J connectivity index is 1.41. The number of rotatable bonds is 5. The molecule has 0 saturated carbocycles. The van der Waals surface area contributed by atoms with Gasteiger partial charge in [0.2, 0.25) is 0 Å². The number of hydrogen-bond donors (Lipinski definition) is 1. The van der Waals surface area contributed by atoms with Crippen molar-refractivity contribution in [1.82, 2.24) is 9.88 Å². The number of alkyl halides is 3. The first-order valence-corrected chi connectivity index (χ1v) is 11.4. The Kier molecular flexibility index (Phi) is 5.95. The van der Waals surface area contributed by atoms with Crippen LogP contribution in [-0.4, -0.2) is 53.7 Å². The van der Waals surface area contributed by atoms with Crippen molar-refractivity contribution in [2.45, 2.75) is 31.2 Å². The van der Waals surface area contributed by atoms with Crippen LogP contribution in [0.3, 0.4) is 0 Å². The number of carboxylic acid groups (broad SMARTS) is 1. The number of hydrogen-bond acceptors (Lipinski definition) is 6. The van der Waals surface area contributed by atoms with E-state index in [0.29, 0.717) is 30.5 Å². The van der Waals surface area contributed by atoms with Gasteiger partial charge in [0.1, 0.15) is 6.10 Å². The highest BCUT2D eigenvalue weighted by Gasteiger charge is 2.37. The van der Waals surface area contributed by atoms with Crippen molar-refractivity contribution in [2.75, 3.05) is 24.5 Å². The van der Waals surface area contributed by atoms with Crippen LogP contribution in [0.1, 0.15) is 18.4 Å². The summed E-state index contributed by atoms with van der Waals surface area (Å²) in [5.74, 6) is -1.15. The van der Waals surface area contributed by atoms with Gasteiger partial charge in [0, 0.05) is 34.9 Å². The molecule has 2 aromatic carbocycles. The van der Waals surface area contributed by atoms with Crippen LogP contribution in [-0.2, 0) is 15.7 Å². The summed E-state index contributed by atoms with van der Waals surface area (Å²) in [7, 11) is 0. The standard InChI is InChI=1S/C25H22F3N3O5/c26-25(27,28)19-5-2-1-4-17(19)20-10-14-7-8-15(11-18(14)22(32)29-20)31-13-16(36-24(31)35)12-30-9-3-6-21(30)23(33)34/h1-2,4-5,7-8,10-11,16,21H,3,6,9,12-13H2,(H,29,32)(H,33,34)/p-1/t16-,21+/m1/s1. The number of carbonyl (C=O) groups is 2. The lowest BCUT2D eigenvalue weighted by Gasteiger charge is -2.26. The van der Waals surface area contributed by atoms with E-state index < -0.39 is 41.5 Å². The number of aromatic amines is 1. The molecule has 0 bridgehead atoms.